The highest BCUT2D eigenvalue weighted by molar-refractivity contribution is 5.92. The molecule has 2 unspecified atom stereocenters. The Kier molecular flexibility index (Phi) is 12.1. The summed E-state index contributed by atoms with van der Waals surface area (Å²) in [7, 11) is 0. The zero-order valence-electron chi connectivity index (χ0n) is 25.1. The molecule has 37 heavy (non-hydrogen) atoms. The SMILES string of the molecule is CCCCCN(C(=O)C(CC(C)C)NC(=O)OC(C)(C)C)C(C(=O)NC(C)(C)C)c1cccc(C)c1C. The van der Waals surface area contributed by atoms with Crippen LogP contribution in [0.4, 0.5) is 4.79 Å². The van der Waals surface area contributed by atoms with Crippen molar-refractivity contribution in [1.82, 2.24) is 15.5 Å². The molecular formula is C30H51N3O4. The molecule has 0 aliphatic heterocycles. The van der Waals surface area contributed by atoms with Crippen LogP contribution in [0.3, 0.4) is 0 Å². The number of aryl methyl sites for hydroxylation is 1. The average molecular weight is 518 g/mol. The van der Waals surface area contributed by atoms with Crippen LogP contribution in [0.15, 0.2) is 18.2 Å². The Hall–Kier alpha value is -2.57. The molecule has 0 saturated carbocycles. The summed E-state index contributed by atoms with van der Waals surface area (Å²) in [5.41, 5.74) is 1.66. The van der Waals surface area contributed by atoms with Gasteiger partial charge in [0.25, 0.3) is 0 Å². The fourth-order valence-electron chi connectivity index (χ4n) is 4.20. The summed E-state index contributed by atoms with van der Waals surface area (Å²) >= 11 is 0. The van der Waals surface area contributed by atoms with Gasteiger partial charge in [-0.15, -0.1) is 0 Å². The van der Waals surface area contributed by atoms with Crippen molar-refractivity contribution in [1.29, 1.82) is 0 Å². The molecule has 0 heterocycles. The van der Waals surface area contributed by atoms with Crippen LogP contribution in [0.25, 0.3) is 0 Å². The Labute approximate surface area is 225 Å². The zero-order chi connectivity index (χ0) is 28.6. The number of carbonyl (C=O) groups is 3. The summed E-state index contributed by atoms with van der Waals surface area (Å²) in [6.07, 6.45) is 2.47. The smallest absolute Gasteiger partial charge is 0.408 e. The second-order valence-corrected chi connectivity index (χ2v) is 12.5. The van der Waals surface area contributed by atoms with Gasteiger partial charge in [0.05, 0.1) is 0 Å². The molecule has 0 spiro atoms. The highest BCUT2D eigenvalue weighted by atomic mass is 16.6. The number of nitrogens with zero attached hydrogens (tertiary/aromatic N) is 1. The van der Waals surface area contributed by atoms with Crippen molar-refractivity contribution in [2.45, 2.75) is 125 Å². The van der Waals surface area contributed by atoms with Gasteiger partial charge in [0.1, 0.15) is 17.7 Å². The van der Waals surface area contributed by atoms with Crippen molar-refractivity contribution in [2.24, 2.45) is 5.92 Å². The number of carbonyl (C=O) groups excluding carboxylic acids is 3. The van der Waals surface area contributed by atoms with E-state index < -0.39 is 29.3 Å². The lowest BCUT2D eigenvalue weighted by molar-refractivity contribution is -0.143. The number of nitrogens with one attached hydrogen (secondary N) is 2. The first-order valence-electron chi connectivity index (χ1n) is 13.6. The van der Waals surface area contributed by atoms with E-state index in [9.17, 15) is 14.4 Å². The van der Waals surface area contributed by atoms with Crippen LogP contribution in [0, 0.1) is 19.8 Å². The lowest BCUT2D eigenvalue weighted by Gasteiger charge is -2.37. The number of unbranched alkanes of at least 4 members (excludes halogenated alkanes) is 2. The molecule has 0 bridgehead atoms. The summed E-state index contributed by atoms with van der Waals surface area (Å²) in [6.45, 7) is 21.7. The quantitative estimate of drug-likeness (QED) is 0.341. The van der Waals surface area contributed by atoms with Gasteiger partial charge >= 0.3 is 6.09 Å². The van der Waals surface area contributed by atoms with Gasteiger partial charge in [-0.2, -0.15) is 0 Å². The first-order chi connectivity index (χ1) is 17.0. The largest absolute Gasteiger partial charge is 0.444 e. The van der Waals surface area contributed by atoms with E-state index in [2.05, 4.69) is 17.6 Å². The maximum absolute atomic E-state index is 14.2. The first-order valence-corrected chi connectivity index (χ1v) is 13.6. The van der Waals surface area contributed by atoms with Crippen molar-refractivity contribution < 1.29 is 19.1 Å². The van der Waals surface area contributed by atoms with Crippen LogP contribution >= 0.6 is 0 Å². The van der Waals surface area contributed by atoms with E-state index in [1.165, 1.54) is 0 Å². The van der Waals surface area contributed by atoms with Crippen LogP contribution in [0.5, 0.6) is 0 Å². The molecule has 1 aromatic carbocycles. The fourth-order valence-corrected chi connectivity index (χ4v) is 4.20. The van der Waals surface area contributed by atoms with Crippen molar-refractivity contribution in [3.8, 4) is 0 Å². The molecule has 7 heteroatoms. The third-order valence-corrected chi connectivity index (χ3v) is 5.98. The van der Waals surface area contributed by atoms with E-state index in [1.807, 2.05) is 66.7 Å². The second kappa shape index (κ2) is 13.8. The molecule has 0 fully saturated rings. The molecule has 7 nitrogen and oxygen atoms in total. The van der Waals surface area contributed by atoms with Gasteiger partial charge in [-0.3, -0.25) is 9.59 Å². The monoisotopic (exact) mass is 517 g/mol. The predicted octanol–water partition coefficient (Wildman–Crippen LogP) is 6.22. The number of hydrogen-bond acceptors (Lipinski definition) is 4. The number of rotatable bonds is 11. The lowest BCUT2D eigenvalue weighted by atomic mass is 9.93. The van der Waals surface area contributed by atoms with Crippen molar-refractivity contribution >= 4 is 17.9 Å². The van der Waals surface area contributed by atoms with Gasteiger partial charge in [-0.25, -0.2) is 4.79 Å². The van der Waals surface area contributed by atoms with Gasteiger partial charge in [0, 0.05) is 12.1 Å². The van der Waals surface area contributed by atoms with Crippen LogP contribution < -0.4 is 10.6 Å². The molecule has 0 aliphatic rings. The third-order valence-electron chi connectivity index (χ3n) is 5.98. The van der Waals surface area contributed by atoms with Crippen molar-refractivity contribution in [3.63, 3.8) is 0 Å². The third kappa shape index (κ3) is 11.1. The average Bonchev–Trinajstić information content (AvgIpc) is 2.72. The Bertz CT molecular complexity index is 912. The van der Waals surface area contributed by atoms with E-state index in [1.54, 1.807) is 25.7 Å². The van der Waals surface area contributed by atoms with Gasteiger partial charge in [-0.1, -0.05) is 51.8 Å². The number of benzene rings is 1. The van der Waals surface area contributed by atoms with Crippen molar-refractivity contribution in [2.75, 3.05) is 6.54 Å². The van der Waals surface area contributed by atoms with E-state index in [4.69, 9.17) is 4.74 Å². The summed E-state index contributed by atoms with van der Waals surface area (Å²) in [5, 5.41) is 5.91. The van der Waals surface area contributed by atoms with Gasteiger partial charge in [-0.05, 0) is 90.8 Å². The van der Waals surface area contributed by atoms with Crippen LogP contribution in [0.1, 0.15) is 111 Å². The molecule has 0 saturated heterocycles. The maximum Gasteiger partial charge on any atom is 0.408 e. The summed E-state index contributed by atoms with van der Waals surface area (Å²) < 4.78 is 5.47. The van der Waals surface area contributed by atoms with E-state index >= 15 is 0 Å². The normalized spacial score (nSPS) is 13.6. The molecule has 1 rings (SSSR count). The predicted molar refractivity (Wildman–Crippen MR) is 150 cm³/mol. The van der Waals surface area contributed by atoms with E-state index in [-0.39, 0.29) is 17.7 Å². The molecule has 210 valence electrons. The van der Waals surface area contributed by atoms with Gasteiger partial charge in [0.15, 0.2) is 0 Å². The number of alkyl carbamates (subject to hydrolysis) is 1. The Morgan fingerprint density at radius 3 is 2.14 bits per heavy atom. The Morgan fingerprint density at radius 1 is 1.00 bits per heavy atom. The topological polar surface area (TPSA) is 87.7 Å². The van der Waals surface area contributed by atoms with Gasteiger partial charge < -0.3 is 20.3 Å². The lowest BCUT2D eigenvalue weighted by Crippen LogP contribution is -2.55. The number of hydrogen-bond donors (Lipinski definition) is 2. The Morgan fingerprint density at radius 2 is 1.62 bits per heavy atom. The second-order valence-electron chi connectivity index (χ2n) is 12.5. The first kappa shape index (κ1) is 32.5. The fraction of sp³-hybridized carbons (Fsp3) is 0.700. The number of amides is 3. The van der Waals surface area contributed by atoms with E-state index in [0.29, 0.717) is 13.0 Å². The minimum atomic E-state index is -0.821. The van der Waals surface area contributed by atoms with Crippen LogP contribution in [-0.2, 0) is 14.3 Å². The Balaban J connectivity index is 3.61. The molecule has 0 aliphatic carbocycles. The molecule has 3 amide bonds. The van der Waals surface area contributed by atoms with Crippen molar-refractivity contribution in [3.05, 3.63) is 34.9 Å². The molecule has 1 aromatic rings. The summed E-state index contributed by atoms with van der Waals surface area (Å²) in [4.78, 5) is 42.5. The number of ether oxygens (including phenoxy) is 1. The minimum absolute atomic E-state index is 0.143. The molecule has 0 aromatic heterocycles. The van der Waals surface area contributed by atoms with E-state index in [0.717, 1.165) is 36.0 Å². The highest BCUT2D eigenvalue weighted by Crippen LogP contribution is 2.29. The molecule has 2 atom stereocenters. The standard InChI is InChI=1S/C30H51N3O4/c1-12-13-14-18-33(27(35)24(19-20(2)3)31-28(36)37-30(9,10)11)25(26(34)32-29(6,7)8)23-17-15-16-21(4)22(23)5/h15-17,20,24-25H,12-14,18-19H2,1-11H3,(H,31,36)(H,32,34). The highest BCUT2D eigenvalue weighted by Gasteiger charge is 2.38. The molecule has 2 N–H and O–H groups in total. The molecular weight excluding hydrogens is 466 g/mol. The zero-order valence-corrected chi connectivity index (χ0v) is 25.1. The molecule has 0 radical (unpaired) electrons. The summed E-state index contributed by atoms with van der Waals surface area (Å²) in [6, 6.07) is 4.22. The van der Waals surface area contributed by atoms with Crippen LogP contribution in [0.2, 0.25) is 0 Å². The van der Waals surface area contributed by atoms with Crippen LogP contribution in [-0.4, -0.2) is 46.5 Å². The summed E-state index contributed by atoms with van der Waals surface area (Å²) in [5.74, 6) is -0.360. The maximum atomic E-state index is 14.2. The van der Waals surface area contributed by atoms with Gasteiger partial charge in [0.2, 0.25) is 11.8 Å². The minimum Gasteiger partial charge on any atom is -0.444 e.